The molecule has 0 saturated heterocycles. The number of hydrogen-bond acceptors (Lipinski definition) is 7. The molecule has 0 aliphatic carbocycles. The maximum Gasteiger partial charge on any atom is 2.00 e. The van der Waals surface area contributed by atoms with Crippen LogP contribution in [0.1, 0.15) is 19.8 Å². The number of aliphatic carboxylic acids is 2. The van der Waals surface area contributed by atoms with Crippen molar-refractivity contribution in [3.05, 3.63) is 0 Å². The summed E-state index contributed by atoms with van der Waals surface area (Å²) in [5.74, 6) is -6.82. The van der Waals surface area contributed by atoms with Crippen LogP contribution in [-0.2, 0) is 23.5 Å². The van der Waals surface area contributed by atoms with Gasteiger partial charge in [0.15, 0.2) is 0 Å². The number of hydrogen-bond donors (Lipinski definition) is 2. The topological polar surface area (TPSA) is 164 Å². The van der Waals surface area contributed by atoms with E-state index in [4.69, 9.17) is 9.79 Å². The first-order valence-electron chi connectivity index (χ1n) is 4.30. The number of phosphoric ester groups is 1. The predicted octanol–water partition coefficient (Wildman–Crippen LogP) is -3.47. The Bertz CT molecular complexity index is 372. The molecular formula is C7H9CaO9P. The van der Waals surface area contributed by atoms with Gasteiger partial charge < -0.3 is 24.3 Å². The van der Waals surface area contributed by atoms with Gasteiger partial charge in [-0.3, -0.25) is 14.6 Å². The number of carboxylic acids is 2. The van der Waals surface area contributed by atoms with Gasteiger partial charge in [0.1, 0.15) is 5.41 Å². The second kappa shape index (κ2) is 7.42. The van der Waals surface area contributed by atoms with E-state index < -0.39 is 37.6 Å². The molecule has 9 nitrogen and oxygen atoms in total. The Morgan fingerprint density at radius 3 is 1.83 bits per heavy atom. The van der Waals surface area contributed by atoms with Crippen LogP contribution < -0.4 is 10.2 Å². The zero-order chi connectivity index (χ0) is 13.9. The molecule has 98 valence electrons. The van der Waals surface area contributed by atoms with Gasteiger partial charge in [-0.25, -0.2) is 4.57 Å². The number of carboxylic acid groups (broad SMARTS) is 2. The minimum absolute atomic E-state index is 0. The fourth-order valence-electron chi connectivity index (χ4n) is 1.12. The van der Waals surface area contributed by atoms with Gasteiger partial charge in [0.25, 0.3) is 0 Å². The van der Waals surface area contributed by atoms with Gasteiger partial charge >= 0.3 is 51.5 Å². The summed E-state index contributed by atoms with van der Waals surface area (Å²) in [6, 6.07) is 0. The van der Waals surface area contributed by atoms with E-state index in [9.17, 15) is 29.2 Å². The van der Waals surface area contributed by atoms with Crippen LogP contribution in [-0.4, -0.2) is 65.4 Å². The molecular weight excluding hydrogens is 299 g/mol. The van der Waals surface area contributed by atoms with Crippen LogP contribution in [0.5, 0.6) is 0 Å². The molecule has 18 heavy (non-hydrogen) atoms. The molecule has 0 aromatic carbocycles. The summed E-state index contributed by atoms with van der Waals surface area (Å²) >= 11 is 0. The normalized spacial score (nSPS) is 11.3. The Balaban J connectivity index is 0. The fourth-order valence-corrected chi connectivity index (χ4v) is 1.49. The molecule has 0 aliphatic heterocycles. The zero-order valence-electron chi connectivity index (χ0n) is 9.32. The third-order valence-electron chi connectivity index (χ3n) is 1.87. The maximum absolute atomic E-state index is 11.2. The number of rotatable bonds is 6. The molecule has 0 radical (unpaired) electrons. The molecule has 0 saturated carbocycles. The standard InChI is InChI=1S/C7H11O9P.Ca/c1-2-3-7(4(8)9,5(10)11)6(12)16-17(13,14)15;/h2-3H2,1H3,(H,8,9)(H,10,11)(H2,13,14,15);/q;+2/p-2. The second-order valence-corrected chi connectivity index (χ2v) is 4.26. The van der Waals surface area contributed by atoms with Gasteiger partial charge in [0.2, 0.25) is 0 Å². The van der Waals surface area contributed by atoms with E-state index in [1.165, 1.54) is 6.92 Å². The Morgan fingerprint density at radius 1 is 1.22 bits per heavy atom. The van der Waals surface area contributed by atoms with E-state index in [1.54, 1.807) is 0 Å². The third kappa shape index (κ3) is 4.83. The van der Waals surface area contributed by atoms with Gasteiger partial charge in [-0.15, -0.1) is 0 Å². The molecule has 0 bridgehead atoms. The van der Waals surface area contributed by atoms with Crippen molar-refractivity contribution < 1.29 is 43.5 Å². The zero-order valence-corrected chi connectivity index (χ0v) is 12.4. The molecule has 0 spiro atoms. The Morgan fingerprint density at radius 2 is 1.61 bits per heavy atom. The van der Waals surface area contributed by atoms with Crippen LogP contribution in [0.4, 0.5) is 0 Å². The molecule has 0 atom stereocenters. The summed E-state index contributed by atoms with van der Waals surface area (Å²) in [7, 11) is -5.35. The third-order valence-corrected chi connectivity index (χ3v) is 2.28. The van der Waals surface area contributed by atoms with Crippen molar-refractivity contribution in [3.63, 3.8) is 0 Å². The monoisotopic (exact) mass is 308 g/mol. The van der Waals surface area contributed by atoms with Crippen molar-refractivity contribution in [2.24, 2.45) is 5.41 Å². The molecule has 0 unspecified atom stereocenters. The quantitative estimate of drug-likeness (QED) is 0.288. The average Bonchev–Trinajstić information content (AvgIpc) is 2.09. The summed E-state index contributed by atoms with van der Waals surface area (Å²) in [6.07, 6.45) is -0.852. The van der Waals surface area contributed by atoms with Crippen LogP contribution in [0.25, 0.3) is 0 Å². The van der Waals surface area contributed by atoms with Gasteiger partial charge in [-0.1, -0.05) is 13.3 Å². The molecule has 0 amide bonds. The van der Waals surface area contributed by atoms with Crippen molar-refractivity contribution in [2.45, 2.75) is 19.8 Å². The summed E-state index contributed by atoms with van der Waals surface area (Å²) in [5.41, 5.74) is -3.23. The second-order valence-electron chi connectivity index (χ2n) is 3.10. The van der Waals surface area contributed by atoms with Crippen molar-refractivity contribution >= 4 is 63.5 Å². The van der Waals surface area contributed by atoms with E-state index in [0.29, 0.717) is 0 Å². The molecule has 11 heteroatoms. The minimum atomic E-state index is -5.35. The smallest absolute Gasteiger partial charge is 0.548 e. The van der Waals surface area contributed by atoms with E-state index in [0.717, 1.165) is 0 Å². The van der Waals surface area contributed by atoms with Crippen molar-refractivity contribution in [1.82, 2.24) is 0 Å². The summed E-state index contributed by atoms with van der Waals surface area (Å²) < 4.78 is 13.8. The first kappa shape index (κ1) is 20.1. The van der Waals surface area contributed by atoms with Gasteiger partial charge in [-0.05, 0) is 6.42 Å². The summed E-state index contributed by atoms with van der Waals surface area (Å²) in [6.45, 7) is 1.35. The Hall–Kier alpha value is -0.180. The van der Waals surface area contributed by atoms with Crippen molar-refractivity contribution in [1.29, 1.82) is 0 Å². The van der Waals surface area contributed by atoms with Gasteiger partial charge in [0.05, 0.1) is 11.9 Å². The molecule has 2 N–H and O–H groups in total. The van der Waals surface area contributed by atoms with Gasteiger partial charge in [0, 0.05) is 0 Å². The van der Waals surface area contributed by atoms with E-state index >= 15 is 0 Å². The van der Waals surface area contributed by atoms with Crippen molar-refractivity contribution in [3.8, 4) is 0 Å². The largest absolute Gasteiger partial charge is 2.00 e. The molecule has 0 heterocycles. The Labute approximate surface area is 131 Å². The maximum atomic E-state index is 11.2. The molecule has 0 aromatic rings. The van der Waals surface area contributed by atoms with Crippen molar-refractivity contribution in [2.75, 3.05) is 0 Å². The van der Waals surface area contributed by atoms with Gasteiger partial charge in [-0.2, -0.15) is 0 Å². The molecule has 0 aromatic heterocycles. The first-order valence-corrected chi connectivity index (χ1v) is 5.83. The number of carbonyl (C=O) groups excluding carboxylic acids is 3. The number of phosphoric acid groups is 1. The summed E-state index contributed by atoms with van der Waals surface area (Å²) in [5, 5.41) is 21.4. The molecule has 0 rings (SSSR count). The van der Waals surface area contributed by atoms with Crippen LogP contribution in [0.15, 0.2) is 0 Å². The predicted molar refractivity (Wildman–Crippen MR) is 51.2 cm³/mol. The first-order chi connectivity index (χ1) is 7.58. The Kier molecular flexibility index (Phi) is 8.30. The SMILES string of the molecule is CCCC(C(=O)[O-])(C(=O)[O-])C(=O)OP(=O)(O)O.[Ca+2]. The van der Waals surface area contributed by atoms with Crippen LogP contribution in [0.2, 0.25) is 0 Å². The molecule has 0 fully saturated rings. The molecule has 0 aliphatic rings. The fraction of sp³-hybridized carbons (Fsp3) is 0.571. The summed E-state index contributed by atoms with van der Waals surface area (Å²) in [4.78, 5) is 49.2. The number of carbonyl (C=O) groups is 3. The van der Waals surface area contributed by atoms with E-state index in [1.807, 2.05) is 0 Å². The van der Waals surface area contributed by atoms with E-state index in [-0.39, 0.29) is 44.2 Å². The van der Waals surface area contributed by atoms with Crippen LogP contribution in [0.3, 0.4) is 0 Å². The van der Waals surface area contributed by atoms with Crippen LogP contribution >= 0.6 is 7.82 Å². The van der Waals surface area contributed by atoms with Crippen LogP contribution in [0, 0.1) is 5.41 Å². The van der Waals surface area contributed by atoms with E-state index in [2.05, 4.69) is 4.52 Å². The average molecular weight is 308 g/mol. The minimum Gasteiger partial charge on any atom is -0.548 e.